The molecule has 26 heavy (non-hydrogen) atoms. The van der Waals surface area contributed by atoms with Crippen LogP contribution in [0.2, 0.25) is 5.82 Å². The first kappa shape index (κ1) is 20.7. The lowest BCUT2D eigenvalue weighted by molar-refractivity contribution is 0.403. The molecule has 0 radical (unpaired) electrons. The lowest BCUT2D eigenvalue weighted by atomic mass is 9.84. The van der Waals surface area contributed by atoms with E-state index in [0.29, 0.717) is 17.3 Å². The number of hydrogen-bond acceptors (Lipinski definition) is 4. The highest BCUT2D eigenvalue weighted by molar-refractivity contribution is 9.10. The molecule has 0 spiro atoms. The molecule has 0 amide bonds. The van der Waals surface area contributed by atoms with E-state index in [2.05, 4.69) is 15.9 Å². The molecule has 2 aliphatic carbocycles. The van der Waals surface area contributed by atoms with E-state index < -0.39 is 7.12 Å². The Bertz CT molecular complexity index is 741. The number of rotatable bonds is 2. The van der Waals surface area contributed by atoms with E-state index in [-0.39, 0.29) is 17.5 Å². The Morgan fingerprint density at radius 3 is 1.77 bits per heavy atom. The fourth-order valence-electron chi connectivity index (χ4n) is 2.22. The molecule has 2 aromatic carbocycles. The van der Waals surface area contributed by atoms with Gasteiger partial charge in [-0.05, 0) is 76.4 Å². The van der Waals surface area contributed by atoms with Crippen molar-refractivity contribution in [3.8, 4) is 0 Å². The molecule has 0 saturated heterocycles. The highest BCUT2D eigenvalue weighted by atomic mass is 79.9. The van der Waals surface area contributed by atoms with Crippen molar-refractivity contribution in [3.63, 3.8) is 0 Å². The van der Waals surface area contributed by atoms with Gasteiger partial charge in [0.05, 0.1) is 0 Å². The van der Waals surface area contributed by atoms with E-state index in [4.69, 9.17) is 21.5 Å². The van der Waals surface area contributed by atoms with Gasteiger partial charge in [0.15, 0.2) is 0 Å². The largest absolute Gasteiger partial charge is 0.454 e. The van der Waals surface area contributed by atoms with Crippen LogP contribution in [0.25, 0.3) is 0 Å². The summed E-state index contributed by atoms with van der Waals surface area (Å²) < 4.78 is 25.5. The topological polar surface area (TPSA) is 92.5 Å². The van der Waals surface area contributed by atoms with Crippen molar-refractivity contribution in [2.75, 3.05) is 11.5 Å². The minimum Gasteiger partial charge on any atom is -0.427 e. The van der Waals surface area contributed by atoms with E-state index in [1.165, 1.54) is 37.1 Å². The van der Waals surface area contributed by atoms with Gasteiger partial charge < -0.3 is 21.5 Å². The van der Waals surface area contributed by atoms with Gasteiger partial charge in [0.25, 0.3) is 0 Å². The summed E-state index contributed by atoms with van der Waals surface area (Å²) in [4.78, 5) is 0. The second-order valence-corrected chi connectivity index (χ2v) is 7.32. The zero-order valence-corrected chi connectivity index (χ0v) is 15.8. The Morgan fingerprint density at radius 1 is 0.885 bits per heavy atom. The minimum absolute atomic E-state index is 0.213. The third-order valence-electron chi connectivity index (χ3n) is 4.07. The molecule has 0 aliphatic heterocycles. The number of nitrogens with two attached hydrogens (primary N) is 2. The Kier molecular flexibility index (Phi) is 7.43. The van der Waals surface area contributed by atoms with Crippen molar-refractivity contribution < 1.29 is 18.8 Å². The van der Waals surface area contributed by atoms with Gasteiger partial charge in [-0.1, -0.05) is 18.9 Å². The molecule has 0 bridgehead atoms. The molecule has 8 heteroatoms. The van der Waals surface area contributed by atoms with Crippen molar-refractivity contribution in [1.29, 1.82) is 0 Å². The molecule has 4 nitrogen and oxygen atoms in total. The smallest absolute Gasteiger partial charge is 0.427 e. The van der Waals surface area contributed by atoms with Gasteiger partial charge in [0.1, 0.15) is 11.6 Å². The van der Waals surface area contributed by atoms with Crippen LogP contribution in [0.5, 0.6) is 0 Å². The van der Waals surface area contributed by atoms with Crippen LogP contribution < -0.4 is 11.5 Å². The fourth-order valence-corrected chi connectivity index (χ4v) is 2.47. The molecule has 0 aromatic heterocycles. The van der Waals surface area contributed by atoms with Crippen molar-refractivity contribution in [2.24, 2.45) is 0 Å². The first-order chi connectivity index (χ1) is 12.3. The van der Waals surface area contributed by atoms with Crippen molar-refractivity contribution in [1.82, 2.24) is 0 Å². The average Bonchev–Trinajstić information content (AvgIpc) is 3.45. The summed E-state index contributed by atoms with van der Waals surface area (Å²) in [5.74, 6) is 0.267. The van der Waals surface area contributed by atoms with Crippen LogP contribution in [0.4, 0.5) is 20.2 Å². The average molecular weight is 427 g/mol. The van der Waals surface area contributed by atoms with E-state index in [0.717, 1.165) is 22.9 Å². The molecule has 2 aliphatic rings. The van der Waals surface area contributed by atoms with E-state index in [9.17, 15) is 8.78 Å². The van der Waals surface area contributed by atoms with Crippen molar-refractivity contribution >= 4 is 34.4 Å². The zero-order chi connectivity index (χ0) is 19.3. The van der Waals surface area contributed by atoms with Crippen LogP contribution in [-0.4, -0.2) is 17.2 Å². The number of nitrogen functional groups attached to an aromatic ring is 2. The predicted octanol–water partition coefficient (Wildman–Crippen LogP) is 4.08. The van der Waals surface area contributed by atoms with Crippen LogP contribution in [-0.2, 0) is 0 Å². The molecule has 140 valence electrons. The Labute approximate surface area is 160 Å². The highest BCUT2D eigenvalue weighted by Gasteiger charge is 2.33. The van der Waals surface area contributed by atoms with Gasteiger partial charge in [0, 0.05) is 15.8 Å². The SMILES string of the molecule is Nc1cc(F)ccc1Br.Nc1cc(F)ccc1C1CC1.OB(O)C1CC1. The van der Waals surface area contributed by atoms with Crippen molar-refractivity contribution in [2.45, 2.75) is 37.4 Å². The van der Waals surface area contributed by atoms with Crippen molar-refractivity contribution in [3.05, 3.63) is 58.1 Å². The molecule has 2 aromatic rings. The van der Waals surface area contributed by atoms with Crippen LogP contribution in [0.15, 0.2) is 40.9 Å². The summed E-state index contributed by atoms with van der Waals surface area (Å²) in [6, 6.07) is 8.86. The van der Waals surface area contributed by atoms with Crippen LogP contribution in [0.3, 0.4) is 0 Å². The van der Waals surface area contributed by atoms with Gasteiger partial charge in [-0.15, -0.1) is 0 Å². The monoisotopic (exact) mass is 426 g/mol. The van der Waals surface area contributed by atoms with E-state index >= 15 is 0 Å². The summed E-state index contributed by atoms with van der Waals surface area (Å²) in [6.45, 7) is 0. The Morgan fingerprint density at radius 2 is 1.42 bits per heavy atom. The maximum atomic E-state index is 12.6. The van der Waals surface area contributed by atoms with Gasteiger partial charge in [0.2, 0.25) is 0 Å². The van der Waals surface area contributed by atoms with Crippen LogP contribution >= 0.6 is 15.9 Å². The van der Waals surface area contributed by atoms with Gasteiger partial charge >= 0.3 is 7.12 Å². The summed E-state index contributed by atoms with van der Waals surface area (Å²) in [5.41, 5.74) is 13.1. The third kappa shape index (κ3) is 6.94. The summed E-state index contributed by atoms with van der Waals surface area (Å²) in [5, 5.41) is 16.5. The second-order valence-electron chi connectivity index (χ2n) is 6.46. The minimum atomic E-state index is -1.04. The highest BCUT2D eigenvalue weighted by Crippen LogP contribution is 2.42. The van der Waals surface area contributed by atoms with E-state index in [1.54, 1.807) is 12.1 Å². The first-order valence-electron chi connectivity index (χ1n) is 8.39. The van der Waals surface area contributed by atoms with Gasteiger partial charge in [-0.3, -0.25) is 0 Å². The number of halogens is 3. The zero-order valence-electron chi connectivity index (χ0n) is 14.2. The summed E-state index contributed by atoms with van der Waals surface area (Å²) in [7, 11) is -1.04. The summed E-state index contributed by atoms with van der Waals surface area (Å²) >= 11 is 3.14. The number of anilines is 2. The second kappa shape index (κ2) is 9.34. The molecular weight excluding hydrogens is 405 g/mol. The summed E-state index contributed by atoms with van der Waals surface area (Å²) in [6.07, 6.45) is 4.40. The van der Waals surface area contributed by atoms with Crippen LogP contribution in [0, 0.1) is 11.6 Å². The van der Waals surface area contributed by atoms with Crippen LogP contribution in [0.1, 0.15) is 37.2 Å². The maximum absolute atomic E-state index is 12.6. The predicted molar refractivity (Wildman–Crippen MR) is 104 cm³/mol. The lowest BCUT2D eigenvalue weighted by Gasteiger charge is -2.01. The molecular formula is C18H22BBrF2N2O2. The maximum Gasteiger partial charge on any atom is 0.454 e. The lowest BCUT2D eigenvalue weighted by Crippen LogP contribution is -2.09. The van der Waals surface area contributed by atoms with E-state index in [1.807, 2.05) is 0 Å². The molecule has 6 N–H and O–H groups in total. The Balaban J connectivity index is 0.000000147. The molecule has 2 fully saturated rings. The molecule has 0 atom stereocenters. The molecule has 4 rings (SSSR count). The fraction of sp³-hybridized carbons (Fsp3) is 0.333. The normalized spacial score (nSPS) is 15.3. The number of benzene rings is 2. The standard InChI is InChI=1S/C9H10FN.C6H5BrFN.C3H7BO2/c10-7-3-4-8(6-1-2-6)9(11)5-7;7-5-2-1-4(8)3-6(5)9;5-4(6)3-1-2-3/h3-6H,1-2,11H2;1-3H,9H2;3,5-6H,1-2H2. The van der Waals surface area contributed by atoms with Gasteiger partial charge in [-0.2, -0.15) is 0 Å². The molecule has 0 unspecified atom stereocenters. The quantitative estimate of drug-likeness (QED) is 0.430. The Hall–Kier alpha value is -1.64. The number of hydrogen-bond donors (Lipinski definition) is 4. The molecule has 2 saturated carbocycles. The van der Waals surface area contributed by atoms with Gasteiger partial charge in [-0.25, -0.2) is 8.78 Å². The third-order valence-corrected chi connectivity index (χ3v) is 4.79. The molecule has 0 heterocycles. The first-order valence-corrected chi connectivity index (χ1v) is 9.18.